The van der Waals surface area contributed by atoms with E-state index in [1.54, 1.807) is 0 Å². The van der Waals surface area contributed by atoms with Crippen LogP contribution >= 0.6 is 0 Å². The third-order valence-corrected chi connectivity index (χ3v) is 28.4. The van der Waals surface area contributed by atoms with Crippen molar-refractivity contribution < 1.29 is 0 Å². The molecule has 1 heterocycles. The van der Waals surface area contributed by atoms with Gasteiger partial charge in [0.1, 0.15) is 0 Å². The first-order chi connectivity index (χ1) is 7.45. The zero-order chi connectivity index (χ0) is 11.6. The fourth-order valence-electron chi connectivity index (χ4n) is 3.81. The Morgan fingerprint density at radius 1 is 0.938 bits per heavy atom. The van der Waals surface area contributed by atoms with Crippen LogP contribution in [0.5, 0.6) is 0 Å². The number of hydrogen-bond acceptors (Lipinski definition) is 0. The first kappa shape index (κ1) is 11.4. The van der Waals surface area contributed by atoms with Crippen molar-refractivity contribution in [2.45, 2.75) is 29.3 Å². The summed E-state index contributed by atoms with van der Waals surface area (Å²) in [5, 5.41) is 0. The van der Waals surface area contributed by atoms with E-state index in [9.17, 15) is 0 Å². The molecule has 0 N–H and O–H groups in total. The molecule has 1 aliphatic heterocycles. The topological polar surface area (TPSA) is 0 Å². The van der Waals surface area contributed by atoms with Gasteiger partial charge in [0.15, 0.2) is 0 Å². The molecule has 3 rings (SSSR count). The van der Waals surface area contributed by atoms with Crippen LogP contribution in [-0.4, -0.2) is 31.6 Å². The van der Waals surface area contributed by atoms with Gasteiger partial charge in [-0.1, -0.05) is 0 Å². The number of rotatable bonds is 0. The summed E-state index contributed by atoms with van der Waals surface area (Å²) in [6, 6.07) is 0. The molecule has 1 fully saturated rings. The first-order valence-electron chi connectivity index (χ1n) is 6.23. The van der Waals surface area contributed by atoms with Crippen LogP contribution in [0.4, 0.5) is 0 Å². The first-order valence-corrected chi connectivity index (χ1v) is 21.5. The van der Waals surface area contributed by atoms with Crippen molar-refractivity contribution in [1.82, 2.24) is 0 Å². The Kier molecular flexibility index (Phi) is 2.43. The third-order valence-electron chi connectivity index (χ3n) is 4.88. The van der Waals surface area contributed by atoms with Gasteiger partial charge in [-0.2, -0.15) is 0 Å². The van der Waals surface area contributed by atoms with Crippen molar-refractivity contribution >= 4 is 31.6 Å². The Hall–Kier alpha value is 0.302. The van der Waals surface area contributed by atoms with Gasteiger partial charge in [-0.05, 0) is 0 Å². The zero-order valence-electron chi connectivity index (χ0n) is 10.6. The van der Waals surface area contributed by atoms with E-state index in [1.165, 1.54) is 0 Å². The Balaban J connectivity index is 2.19. The summed E-state index contributed by atoms with van der Waals surface area (Å²) < 4.78 is 5.59. The third kappa shape index (κ3) is 1.29. The van der Waals surface area contributed by atoms with E-state index in [-0.39, 0.29) is 0 Å². The second-order valence-electron chi connectivity index (χ2n) is 6.42. The van der Waals surface area contributed by atoms with E-state index in [2.05, 4.69) is 57.8 Å². The molecule has 2 unspecified atom stereocenters. The molecule has 0 aromatic heterocycles. The number of hydrogen-bond donors (Lipinski definition) is 0. The maximum atomic E-state index is 2.65. The minimum atomic E-state index is -2.01. The molecule has 0 amide bonds. The molecule has 0 radical (unpaired) electrons. The van der Waals surface area contributed by atoms with Crippen molar-refractivity contribution in [3.8, 4) is 0 Å². The Bertz CT molecular complexity index is 423. The van der Waals surface area contributed by atoms with Gasteiger partial charge in [0.25, 0.3) is 0 Å². The van der Waals surface area contributed by atoms with Crippen LogP contribution in [0.1, 0.15) is 0 Å². The summed E-state index contributed by atoms with van der Waals surface area (Å²) >= 11 is -3.85. The van der Waals surface area contributed by atoms with Crippen LogP contribution < -0.4 is 0 Å². The van der Waals surface area contributed by atoms with E-state index >= 15 is 0 Å². The minimum absolute atomic E-state index is 0.911. The van der Waals surface area contributed by atoms with Gasteiger partial charge in [0.2, 0.25) is 0 Å². The Morgan fingerprint density at radius 3 is 1.81 bits per heavy atom. The van der Waals surface area contributed by atoms with E-state index in [0.29, 0.717) is 0 Å². The molecule has 3 aliphatic rings. The van der Waals surface area contributed by atoms with Crippen molar-refractivity contribution in [3.05, 3.63) is 45.3 Å². The fourth-order valence-corrected chi connectivity index (χ4v) is 41.2. The predicted octanol–water partition coefficient (Wildman–Crippen LogP) is 4.23. The zero-order valence-corrected chi connectivity index (χ0v) is 15.6. The summed E-state index contributed by atoms with van der Waals surface area (Å²) in [4.78, 5) is 5.29. The predicted molar refractivity (Wildman–Crippen MR) is 76.9 cm³/mol. The molecule has 1 saturated heterocycles. The van der Waals surface area contributed by atoms with E-state index in [4.69, 9.17) is 0 Å². The van der Waals surface area contributed by atoms with E-state index in [1.807, 2.05) is 8.81 Å². The SMILES string of the molecule is [CH3][Ge]1([CH3])[C]2=CC=C[CH]2[Sn]([CH3])([CH3])[CH]2C=CC=[C]21. The molecule has 2 atom stereocenters. The molecular weight excluding hydrogens is 359 g/mol. The quantitative estimate of drug-likeness (QED) is 0.553. The van der Waals surface area contributed by atoms with E-state index < -0.39 is 31.6 Å². The van der Waals surface area contributed by atoms with Crippen LogP contribution in [0.15, 0.2) is 45.3 Å². The number of allylic oxidation sites excluding steroid dienone is 8. The van der Waals surface area contributed by atoms with Gasteiger partial charge in [0.05, 0.1) is 0 Å². The molecule has 16 heavy (non-hydrogen) atoms. The van der Waals surface area contributed by atoms with Crippen molar-refractivity contribution in [1.29, 1.82) is 0 Å². The summed E-state index contributed by atoms with van der Waals surface area (Å²) in [5.41, 5.74) is 0. The average Bonchev–Trinajstić information content (AvgIpc) is 2.86. The second kappa shape index (κ2) is 3.41. The molecule has 0 spiro atoms. The number of fused-ring (bicyclic) bond motifs is 2. The Labute approximate surface area is 105 Å². The standard InChI is InChI=1S/C12H14Ge.2CH3.Sn/c1-13(2,11-7-3-4-8-11)12-9-5-6-10-12;;;/h3-10H,1-2H3;2*1H3;. The van der Waals surface area contributed by atoms with Crippen LogP contribution in [0.3, 0.4) is 0 Å². The monoisotopic (exact) mass is 382 g/mol. The van der Waals surface area contributed by atoms with Crippen LogP contribution in [0.2, 0.25) is 29.3 Å². The van der Waals surface area contributed by atoms with Crippen LogP contribution in [-0.2, 0) is 0 Å². The van der Waals surface area contributed by atoms with Gasteiger partial charge in [0, 0.05) is 0 Å². The molecule has 84 valence electrons. The second-order valence-corrected chi connectivity index (χ2v) is 29.6. The molecule has 0 saturated carbocycles. The van der Waals surface area contributed by atoms with Gasteiger partial charge < -0.3 is 0 Å². The summed E-state index contributed by atoms with van der Waals surface area (Å²) in [7, 11) is 0. The normalized spacial score (nSPS) is 36.8. The van der Waals surface area contributed by atoms with Crippen molar-refractivity contribution in [3.63, 3.8) is 0 Å². The van der Waals surface area contributed by atoms with Gasteiger partial charge in [-0.15, -0.1) is 0 Å². The van der Waals surface area contributed by atoms with Gasteiger partial charge >= 0.3 is 106 Å². The van der Waals surface area contributed by atoms with Gasteiger partial charge in [-0.25, -0.2) is 0 Å². The molecule has 2 heteroatoms. The Morgan fingerprint density at radius 2 is 1.38 bits per heavy atom. The molecule has 2 aliphatic carbocycles. The summed E-state index contributed by atoms with van der Waals surface area (Å²) in [6.07, 6.45) is 14.7. The van der Waals surface area contributed by atoms with E-state index in [0.717, 1.165) is 7.87 Å². The van der Waals surface area contributed by atoms with Crippen LogP contribution in [0, 0.1) is 0 Å². The average molecular weight is 380 g/mol. The summed E-state index contributed by atoms with van der Waals surface area (Å²) in [5.74, 6) is 5.19. The maximum absolute atomic E-state index is 2.65. The summed E-state index contributed by atoms with van der Waals surface area (Å²) in [6.45, 7) is 0. The molecule has 0 bridgehead atoms. The van der Waals surface area contributed by atoms with Crippen molar-refractivity contribution in [2.24, 2.45) is 0 Å². The fraction of sp³-hybridized carbons (Fsp3) is 0.429. The molecule has 0 aromatic rings. The molecule has 0 aromatic carbocycles. The van der Waals surface area contributed by atoms with Crippen LogP contribution in [0.25, 0.3) is 0 Å². The van der Waals surface area contributed by atoms with Gasteiger partial charge in [-0.3, -0.25) is 0 Å². The molecular formula is C14H20GeSn. The van der Waals surface area contributed by atoms with Crippen molar-refractivity contribution in [2.75, 3.05) is 0 Å². The molecule has 0 nitrogen and oxygen atoms in total.